The van der Waals surface area contributed by atoms with Crippen molar-refractivity contribution in [3.63, 3.8) is 0 Å². The SMILES string of the molecule is c1nnc(N2CCCCC2)nc1N1CCCC1. The van der Waals surface area contributed by atoms with Crippen LogP contribution in [-0.4, -0.2) is 41.4 Å². The maximum atomic E-state index is 4.66. The molecular formula is C12H19N5. The van der Waals surface area contributed by atoms with E-state index in [1.165, 1.54) is 32.1 Å². The Balaban J connectivity index is 1.77. The van der Waals surface area contributed by atoms with Crippen LogP contribution in [0.4, 0.5) is 11.8 Å². The second-order valence-electron chi connectivity index (χ2n) is 4.86. The molecule has 0 spiro atoms. The minimum absolute atomic E-state index is 0.814. The Bertz CT molecular complexity index is 369. The molecule has 2 fully saturated rings. The van der Waals surface area contributed by atoms with E-state index in [0.29, 0.717) is 0 Å². The first-order chi connectivity index (χ1) is 8.43. The van der Waals surface area contributed by atoms with Crippen molar-refractivity contribution in [1.82, 2.24) is 15.2 Å². The molecule has 0 amide bonds. The lowest BCUT2D eigenvalue weighted by atomic mass is 10.1. The average Bonchev–Trinajstić information content (AvgIpc) is 2.94. The smallest absolute Gasteiger partial charge is 0.247 e. The molecule has 17 heavy (non-hydrogen) atoms. The van der Waals surface area contributed by atoms with Gasteiger partial charge >= 0.3 is 0 Å². The maximum absolute atomic E-state index is 4.66. The van der Waals surface area contributed by atoms with Crippen molar-refractivity contribution in [3.05, 3.63) is 6.20 Å². The van der Waals surface area contributed by atoms with E-state index in [1.54, 1.807) is 6.20 Å². The zero-order valence-electron chi connectivity index (χ0n) is 10.2. The summed E-state index contributed by atoms with van der Waals surface area (Å²) in [6, 6.07) is 0. The lowest BCUT2D eigenvalue weighted by Gasteiger charge is -2.27. The van der Waals surface area contributed by atoms with Gasteiger partial charge in [0.25, 0.3) is 0 Å². The molecule has 1 aromatic rings. The van der Waals surface area contributed by atoms with E-state index >= 15 is 0 Å². The van der Waals surface area contributed by atoms with E-state index in [1.807, 2.05) is 0 Å². The Morgan fingerprint density at radius 2 is 1.47 bits per heavy atom. The summed E-state index contributed by atoms with van der Waals surface area (Å²) in [5, 5.41) is 8.28. The van der Waals surface area contributed by atoms with Gasteiger partial charge < -0.3 is 9.80 Å². The van der Waals surface area contributed by atoms with E-state index in [-0.39, 0.29) is 0 Å². The fraction of sp³-hybridized carbons (Fsp3) is 0.750. The first kappa shape index (κ1) is 10.7. The third kappa shape index (κ3) is 2.33. The largest absolute Gasteiger partial charge is 0.355 e. The highest BCUT2D eigenvalue weighted by Crippen LogP contribution is 2.20. The van der Waals surface area contributed by atoms with E-state index < -0.39 is 0 Å². The molecule has 0 bridgehead atoms. The molecule has 3 heterocycles. The Hall–Kier alpha value is -1.39. The second-order valence-corrected chi connectivity index (χ2v) is 4.86. The molecule has 2 aliphatic heterocycles. The van der Waals surface area contributed by atoms with Gasteiger partial charge in [0.05, 0.1) is 6.20 Å². The fourth-order valence-corrected chi connectivity index (χ4v) is 2.61. The van der Waals surface area contributed by atoms with Gasteiger partial charge in [-0.1, -0.05) is 0 Å². The molecule has 0 radical (unpaired) electrons. The van der Waals surface area contributed by atoms with Crippen LogP contribution in [0.5, 0.6) is 0 Å². The van der Waals surface area contributed by atoms with Crippen molar-refractivity contribution in [2.24, 2.45) is 0 Å². The van der Waals surface area contributed by atoms with Crippen molar-refractivity contribution in [3.8, 4) is 0 Å². The summed E-state index contributed by atoms with van der Waals surface area (Å²) in [4.78, 5) is 9.22. The third-order valence-corrected chi connectivity index (χ3v) is 3.60. The second kappa shape index (κ2) is 4.85. The Labute approximate surface area is 102 Å². The van der Waals surface area contributed by atoms with Crippen LogP contribution < -0.4 is 9.80 Å². The predicted molar refractivity (Wildman–Crippen MR) is 67.3 cm³/mol. The van der Waals surface area contributed by atoms with Gasteiger partial charge in [0.15, 0.2) is 5.82 Å². The lowest BCUT2D eigenvalue weighted by molar-refractivity contribution is 0.565. The van der Waals surface area contributed by atoms with Crippen LogP contribution in [0.3, 0.4) is 0 Å². The van der Waals surface area contributed by atoms with Gasteiger partial charge in [-0.25, -0.2) is 0 Å². The van der Waals surface area contributed by atoms with Crippen LogP contribution in [0.25, 0.3) is 0 Å². The van der Waals surface area contributed by atoms with Crippen LogP contribution >= 0.6 is 0 Å². The van der Waals surface area contributed by atoms with Gasteiger partial charge in [0.1, 0.15) is 0 Å². The molecule has 2 saturated heterocycles. The number of hydrogen-bond acceptors (Lipinski definition) is 5. The maximum Gasteiger partial charge on any atom is 0.247 e. The zero-order chi connectivity index (χ0) is 11.5. The molecule has 0 N–H and O–H groups in total. The summed E-state index contributed by atoms with van der Waals surface area (Å²) in [7, 11) is 0. The molecule has 0 saturated carbocycles. The predicted octanol–water partition coefficient (Wildman–Crippen LogP) is 1.46. The molecule has 5 heteroatoms. The number of hydrogen-bond donors (Lipinski definition) is 0. The van der Waals surface area contributed by atoms with Gasteiger partial charge in [0, 0.05) is 26.2 Å². The minimum Gasteiger partial charge on any atom is -0.355 e. The average molecular weight is 233 g/mol. The van der Waals surface area contributed by atoms with Gasteiger partial charge in [-0.2, -0.15) is 10.1 Å². The molecule has 0 unspecified atom stereocenters. The van der Waals surface area contributed by atoms with Gasteiger partial charge in [-0.3, -0.25) is 0 Å². The lowest BCUT2D eigenvalue weighted by Crippen LogP contribution is -2.32. The van der Waals surface area contributed by atoms with Crippen LogP contribution in [0.2, 0.25) is 0 Å². The summed E-state index contributed by atoms with van der Waals surface area (Å²) < 4.78 is 0. The number of nitrogens with zero attached hydrogens (tertiary/aromatic N) is 5. The molecule has 0 aromatic carbocycles. The Morgan fingerprint density at radius 3 is 2.24 bits per heavy atom. The number of piperidine rings is 1. The van der Waals surface area contributed by atoms with Gasteiger partial charge in [-0.15, -0.1) is 5.10 Å². The van der Waals surface area contributed by atoms with Crippen molar-refractivity contribution >= 4 is 11.8 Å². The molecule has 92 valence electrons. The highest BCUT2D eigenvalue weighted by Gasteiger charge is 2.18. The quantitative estimate of drug-likeness (QED) is 0.774. The van der Waals surface area contributed by atoms with E-state index in [4.69, 9.17) is 0 Å². The summed E-state index contributed by atoms with van der Waals surface area (Å²) >= 11 is 0. The first-order valence-corrected chi connectivity index (χ1v) is 6.63. The molecular weight excluding hydrogens is 214 g/mol. The Kier molecular flexibility index (Phi) is 3.07. The first-order valence-electron chi connectivity index (χ1n) is 6.63. The van der Waals surface area contributed by atoms with Crippen molar-refractivity contribution in [2.75, 3.05) is 36.0 Å². The highest BCUT2D eigenvalue weighted by molar-refractivity contribution is 5.42. The zero-order valence-corrected chi connectivity index (χ0v) is 10.2. The van der Waals surface area contributed by atoms with Crippen LogP contribution in [0.15, 0.2) is 6.20 Å². The fourth-order valence-electron chi connectivity index (χ4n) is 2.61. The summed E-state index contributed by atoms with van der Waals surface area (Å²) in [6.45, 7) is 4.37. The standard InChI is InChI=1S/C12H19N5/c1-2-8-17(9-3-1)12-14-11(10-13-15-12)16-6-4-5-7-16/h10H,1-9H2. The van der Waals surface area contributed by atoms with Crippen LogP contribution in [0.1, 0.15) is 32.1 Å². The molecule has 2 aliphatic rings. The number of aromatic nitrogens is 3. The molecule has 1 aromatic heterocycles. The normalized spacial score (nSPS) is 20.9. The van der Waals surface area contributed by atoms with Gasteiger partial charge in [0.2, 0.25) is 5.95 Å². The molecule has 0 aliphatic carbocycles. The van der Waals surface area contributed by atoms with Gasteiger partial charge in [-0.05, 0) is 32.1 Å². The Morgan fingerprint density at radius 1 is 0.824 bits per heavy atom. The van der Waals surface area contributed by atoms with E-state index in [0.717, 1.165) is 37.9 Å². The van der Waals surface area contributed by atoms with Crippen molar-refractivity contribution in [2.45, 2.75) is 32.1 Å². The van der Waals surface area contributed by atoms with E-state index in [2.05, 4.69) is 25.0 Å². The topological polar surface area (TPSA) is 45.2 Å². The number of rotatable bonds is 2. The molecule has 3 rings (SSSR count). The summed E-state index contributed by atoms with van der Waals surface area (Å²) in [5.41, 5.74) is 0. The summed E-state index contributed by atoms with van der Waals surface area (Å²) in [5.74, 6) is 1.81. The highest BCUT2D eigenvalue weighted by atomic mass is 15.4. The minimum atomic E-state index is 0.814. The third-order valence-electron chi connectivity index (χ3n) is 3.60. The van der Waals surface area contributed by atoms with Crippen molar-refractivity contribution < 1.29 is 0 Å². The number of anilines is 2. The molecule has 0 atom stereocenters. The van der Waals surface area contributed by atoms with Crippen LogP contribution in [0, 0.1) is 0 Å². The van der Waals surface area contributed by atoms with E-state index in [9.17, 15) is 0 Å². The van der Waals surface area contributed by atoms with Crippen molar-refractivity contribution in [1.29, 1.82) is 0 Å². The molecule has 5 nitrogen and oxygen atoms in total. The van der Waals surface area contributed by atoms with Crippen LogP contribution in [-0.2, 0) is 0 Å². The monoisotopic (exact) mass is 233 g/mol. The summed E-state index contributed by atoms with van der Waals surface area (Å²) in [6.07, 6.45) is 8.15.